The first-order chi connectivity index (χ1) is 12.9. The molecule has 1 aromatic rings. The van der Waals surface area contributed by atoms with Crippen LogP contribution in [0.2, 0.25) is 5.02 Å². The molecular weight excluding hydrogens is 360 g/mol. The van der Waals surface area contributed by atoms with E-state index >= 15 is 0 Å². The first-order valence-corrected chi connectivity index (χ1v) is 10.3. The summed E-state index contributed by atoms with van der Waals surface area (Å²) in [6.45, 7) is 9.38. The Morgan fingerprint density at radius 1 is 1.11 bits per heavy atom. The van der Waals surface area contributed by atoms with Crippen molar-refractivity contribution in [3.8, 4) is 0 Å². The number of oxime groups is 1. The lowest BCUT2D eigenvalue weighted by atomic mass is 9.91. The van der Waals surface area contributed by atoms with Crippen LogP contribution in [-0.2, 0) is 4.84 Å². The Balaban J connectivity index is 1.96. The van der Waals surface area contributed by atoms with Crippen molar-refractivity contribution in [3.63, 3.8) is 0 Å². The second-order valence-corrected chi connectivity index (χ2v) is 8.24. The molecule has 1 atom stereocenters. The molecule has 0 bridgehead atoms. The van der Waals surface area contributed by atoms with Crippen molar-refractivity contribution >= 4 is 23.4 Å². The Kier molecular flexibility index (Phi) is 8.81. The zero-order valence-electron chi connectivity index (χ0n) is 17.0. The zero-order chi connectivity index (χ0) is 19.8. The average molecular weight is 393 g/mol. The van der Waals surface area contributed by atoms with E-state index in [4.69, 9.17) is 16.4 Å². The van der Waals surface area contributed by atoms with Gasteiger partial charge in [-0.3, -0.25) is 4.90 Å². The molecule has 1 aromatic carbocycles. The van der Waals surface area contributed by atoms with Crippen LogP contribution in [0.5, 0.6) is 0 Å². The molecule has 1 aliphatic carbocycles. The maximum Gasteiger partial charge on any atom is 0.144 e. The summed E-state index contributed by atoms with van der Waals surface area (Å²) in [5.41, 5.74) is 3.32. The summed E-state index contributed by atoms with van der Waals surface area (Å²) in [6.07, 6.45) is 5.82. The van der Waals surface area contributed by atoms with Gasteiger partial charge in [-0.2, -0.15) is 0 Å². The van der Waals surface area contributed by atoms with E-state index in [1.807, 2.05) is 24.3 Å². The summed E-state index contributed by atoms with van der Waals surface area (Å²) in [7, 11) is 0. The van der Waals surface area contributed by atoms with Crippen molar-refractivity contribution in [2.75, 3.05) is 13.2 Å². The molecular formula is C22H33ClN2O2. The predicted molar refractivity (Wildman–Crippen MR) is 114 cm³/mol. The minimum absolute atomic E-state index is 0.216. The van der Waals surface area contributed by atoms with Crippen LogP contribution < -0.4 is 0 Å². The minimum atomic E-state index is -0.550. The van der Waals surface area contributed by atoms with Gasteiger partial charge in [0.1, 0.15) is 12.7 Å². The summed E-state index contributed by atoms with van der Waals surface area (Å²) in [5, 5.41) is 15.4. The summed E-state index contributed by atoms with van der Waals surface area (Å²) >= 11 is 5.96. The van der Waals surface area contributed by atoms with Gasteiger partial charge in [-0.25, -0.2) is 0 Å². The summed E-state index contributed by atoms with van der Waals surface area (Å²) in [6, 6.07) is 8.60. The van der Waals surface area contributed by atoms with Crippen LogP contribution in [0.15, 0.2) is 35.0 Å². The molecule has 0 saturated heterocycles. The SMILES string of the molecule is CC(C)N(C[C@@H](O)CO/N=C1\CCCC\C1=C/c1ccc(Cl)cc1)C(C)C. The van der Waals surface area contributed by atoms with Gasteiger partial charge in [0.2, 0.25) is 0 Å². The minimum Gasteiger partial charge on any atom is -0.393 e. The molecule has 150 valence electrons. The van der Waals surface area contributed by atoms with Gasteiger partial charge in [0.15, 0.2) is 0 Å². The molecule has 0 aromatic heterocycles. The number of benzene rings is 1. The largest absolute Gasteiger partial charge is 0.393 e. The lowest BCUT2D eigenvalue weighted by Crippen LogP contribution is -2.43. The normalized spacial score (nSPS) is 19.4. The van der Waals surface area contributed by atoms with Crippen LogP contribution in [0.4, 0.5) is 0 Å². The van der Waals surface area contributed by atoms with E-state index in [0.29, 0.717) is 18.6 Å². The molecule has 2 rings (SSSR count). The topological polar surface area (TPSA) is 45.1 Å². The molecule has 27 heavy (non-hydrogen) atoms. The Labute approximate surface area is 168 Å². The van der Waals surface area contributed by atoms with E-state index in [0.717, 1.165) is 35.6 Å². The number of nitrogens with zero attached hydrogens (tertiary/aromatic N) is 2. The Morgan fingerprint density at radius 2 is 1.74 bits per heavy atom. The summed E-state index contributed by atoms with van der Waals surface area (Å²) in [4.78, 5) is 7.79. The lowest BCUT2D eigenvalue weighted by Gasteiger charge is -2.32. The Hall–Kier alpha value is -1.36. The highest BCUT2D eigenvalue weighted by Crippen LogP contribution is 2.24. The number of aliphatic hydroxyl groups is 1. The summed E-state index contributed by atoms with van der Waals surface area (Å²) < 4.78 is 0. The van der Waals surface area contributed by atoms with Crippen molar-refractivity contribution < 1.29 is 9.94 Å². The van der Waals surface area contributed by atoms with Crippen LogP contribution in [0, 0.1) is 0 Å². The molecule has 1 N–H and O–H groups in total. The highest BCUT2D eigenvalue weighted by molar-refractivity contribution is 6.30. The Morgan fingerprint density at radius 3 is 2.37 bits per heavy atom. The number of rotatable bonds is 8. The molecule has 0 aliphatic heterocycles. The van der Waals surface area contributed by atoms with E-state index in [9.17, 15) is 5.11 Å². The fraction of sp³-hybridized carbons (Fsp3) is 0.591. The fourth-order valence-corrected chi connectivity index (χ4v) is 3.57. The molecule has 0 radical (unpaired) electrons. The first-order valence-electron chi connectivity index (χ1n) is 9.96. The van der Waals surface area contributed by atoms with Crippen molar-refractivity contribution in [1.82, 2.24) is 4.90 Å². The first kappa shape index (κ1) is 21.9. The lowest BCUT2D eigenvalue weighted by molar-refractivity contribution is 0.00578. The van der Waals surface area contributed by atoms with E-state index in [2.05, 4.69) is 43.8 Å². The van der Waals surface area contributed by atoms with E-state index in [1.54, 1.807) is 0 Å². The highest BCUT2D eigenvalue weighted by atomic mass is 35.5. The Bertz CT molecular complexity index is 630. The molecule has 0 unspecified atom stereocenters. The molecule has 5 heteroatoms. The van der Waals surface area contributed by atoms with Crippen LogP contribution >= 0.6 is 11.6 Å². The molecule has 1 aliphatic rings. The third-order valence-corrected chi connectivity index (χ3v) is 5.13. The van der Waals surface area contributed by atoms with Gasteiger partial charge >= 0.3 is 0 Å². The maximum atomic E-state index is 10.3. The zero-order valence-corrected chi connectivity index (χ0v) is 17.7. The van der Waals surface area contributed by atoms with Gasteiger partial charge in [0.25, 0.3) is 0 Å². The van der Waals surface area contributed by atoms with Crippen molar-refractivity contribution in [2.45, 2.75) is 71.6 Å². The van der Waals surface area contributed by atoms with Crippen molar-refractivity contribution in [1.29, 1.82) is 0 Å². The highest BCUT2D eigenvalue weighted by Gasteiger charge is 2.19. The van der Waals surface area contributed by atoms with Crippen LogP contribution in [0.25, 0.3) is 6.08 Å². The van der Waals surface area contributed by atoms with Crippen LogP contribution in [0.1, 0.15) is 58.9 Å². The van der Waals surface area contributed by atoms with Crippen LogP contribution in [0.3, 0.4) is 0 Å². The molecule has 0 amide bonds. The standard InChI is InChI=1S/C22H33ClN2O2/c1-16(2)25(17(3)4)14-21(26)15-27-24-22-8-6-5-7-19(22)13-18-9-11-20(23)12-10-18/h9-13,16-17,21,26H,5-8,14-15H2,1-4H3/b19-13+,24-22+/t21-/m1/s1. The second-order valence-electron chi connectivity index (χ2n) is 7.80. The number of halogens is 1. The molecule has 4 nitrogen and oxygen atoms in total. The van der Waals surface area contributed by atoms with Gasteiger partial charge in [-0.15, -0.1) is 0 Å². The number of allylic oxidation sites excluding steroid dienone is 1. The van der Waals surface area contributed by atoms with Gasteiger partial charge < -0.3 is 9.94 Å². The quantitative estimate of drug-likeness (QED) is 0.622. The molecule has 0 spiro atoms. The summed E-state index contributed by atoms with van der Waals surface area (Å²) in [5.74, 6) is 0. The fourth-order valence-electron chi connectivity index (χ4n) is 3.45. The number of hydrogen-bond acceptors (Lipinski definition) is 4. The average Bonchev–Trinajstić information content (AvgIpc) is 2.62. The van der Waals surface area contributed by atoms with Crippen molar-refractivity contribution in [3.05, 3.63) is 40.4 Å². The number of hydrogen-bond donors (Lipinski definition) is 1. The van der Waals surface area contributed by atoms with Gasteiger partial charge in [0, 0.05) is 23.7 Å². The van der Waals surface area contributed by atoms with Gasteiger partial charge in [-0.1, -0.05) is 28.9 Å². The third kappa shape index (κ3) is 7.28. The van der Waals surface area contributed by atoms with E-state index < -0.39 is 6.10 Å². The van der Waals surface area contributed by atoms with Gasteiger partial charge in [-0.05, 0) is 82.7 Å². The second kappa shape index (κ2) is 10.8. The van der Waals surface area contributed by atoms with E-state index in [1.165, 1.54) is 12.0 Å². The monoisotopic (exact) mass is 392 g/mol. The van der Waals surface area contributed by atoms with Crippen molar-refractivity contribution in [2.24, 2.45) is 5.16 Å². The van der Waals surface area contributed by atoms with E-state index in [-0.39, 0.29) is 6.61 Å². The third-order valence-electron chi connectivity index (χ3n) is 4.88. The van der Waals surface area contributed by atoms with Gasteiger partial charge in [0.05, 0.1) is 5.71 Å². The molecule has 1 fully saturated rings. The maximum absolute atomic E-state index is 10.3. The predicted octanol–water partition coefficient (Wildman–Crippen LogP) is 5.15. The smallest absolute Gasteiger partial charge is 0.144 e. The number of aliphatic hydroxyl groups excluding tert-OH is 1. The molecule has 0 heterocycles. The van der Waals surface area contributed by atoms with Crippen LogP contribution in [-0.4, -0.2) is 47.1 Å². The molecule has 1 saturated carbocycles.